The van der Waals surface area contributed by atoms with Crippen molar-refractivity contribution in [3.8, 4) is 22.9 Å². The van der Waals surface area contributed by atoms with Gasteiger partial charge in [-0.25, -0.2) is 4.98 Å². The van der Waals surface area contributed by atoms with Crippen LogP contribution in [0, 0.1) is 0 Å². The van der Waals surface area contributed by atoms with E-state index >= 15 is 0 Å². The first kappa shape index (κ1) is 12.4. The van der Waals surface area contributed by atoms with Gasteiger partial charge in [0, 0.05) is 13.5 Å². The number of hydrogen-bond acceptors (Lipinski definition) is 4. The second-order valence-electron chi connectivity index (χ2n) is 3.87. The molecule has 0 radical (unpaired) electrons. The normalized spacial score (nSPS) is 10.4. The van der Waals surface area contributed by atoms with Crippen molar-refractivity contribution < 1.29 is 9.47 Å². The second-order valence-corrected chi connectivity index (χ2v) is 3.87. The van der Waals surface area contributed by atoms with Gasteiger partial charge in [0.15, 0.2) is 5.82 Å². The Morgan fingerprint density at radius 3 is 2.22 bits per heavy atom. The first-order valence-corrected chi connectivity index (χ1v) is 5.82. The van der Waals surface area contributed by atoms with Crippen molar-refractivity contribution >= 4 is 0 Å². The lowest BCUT2D eigenvalue weighted by atomic mass is 10.1. The summed E-state index contributed by atoms with van der Waals surface area (Å²) in [6.45, 7) is 2.05. The molecule has 96 valence electrons. The number of methoxy groups -OCH3 is 2. The van der Waals surface area contributed by atoms with Crippen molar-refractivity contribution in [3.05, 3.63) is 24.0 Å². The molecule has 1 aromatic heterocycles. The van der Waals surface area contributed by atoms with Crippen molar-refractivity contribution in [2.24, 2.45) is 7.05 Å². The zero-order chi connectivity index (χ0) is 13.1. The summed E-state index contributed by atoms with van der Waals surface area (Å²) in [5.74, 6) is 2.98. The van der Waals surface area contributed by atoms with Crippen LogP contribution in [-0.2, 0) is 13.5 Å². The fraction of sp³-hybridized carbons (Fsp3) is 0.385. The highest BCUT2D eigenvalue weighted by atomic mass is 16.5. The highest BCUT2D eigenvalue weighted by Gasteiger charge is 2.17. The van der Waals surface area contributed by atoms with E-state index in [9.17, 15) is 0 Å². The van der Waals surface area contributed by atoms with Crippen LogP contribution in [0.4, 0.5) is 0 Å². The summed E-state index contributed by atoms with van der Waals surface area (Å²) < 4.78 is 12.5. The molecule has 0 amide bonds. The van der Waals surface area contributed by atoms with E-state index in [-0.39, 0.29) is 0 Å². The maximum absolute atomic E-state index is 5.36. The summed E-state index contributed by atoms with van der Waals surface area (Å²) in [6.07, 6.45) is 0.834. The van der Waals surface area contributed by atoms with E-state index in [1.165, 1.54) is 0 Å². The molecule has 1 heterocycles. The molecule has 18 heavy (non-hydrogen) atoms. The smallest absolute Gasteiger partial charge is 0.188 e. The molecule has 0 bridgehead atoms. The molecule has 5 heteroatoms. The molecule has 5 nitrogen and oxygen atoms in total. The van der Waals surface area contributed by atoms with Gasteiger partial charge in [0.1, 0.15) is 22.9 Å². The molecule has 0 saturated carbocycles. The van der Waals surface area contributed by atoms with Gasteiger partial charge < -0.3 is 9.47 Å². The van der Waals surface area contributed by atoms with E-state index in [1.807, 2.05) is 32.2 Å². The number of hydrogen-bond donors (Lipinski definition) is 0. The molecule has 0 aliphatic rings. The highest BCUT2D eigenvalue weighted by Crippen LogP contribution is 2.36. The first-order chi connectivity index (χ1) is 8.71. The van der Waals surface area contributed by atoms with Crippen LogP contribution in [0.5, 0.6) is 11.5 Å². The van der Waals surface area contributed by atoms with Gasteiger partial charge in [-0.15, -0.1) is 0 Å². The standard InChI is InChI=1S/C13H17N3O2/c1-5-11-14-13(15-16(11)2)12-9(17-3)7-6-8-10(12)18-4/h6-8H,5H2,1-4H3. The summed E-state index contributed by atoms with van der Waals surface area (Å²) >= 11 is 0. The second kappa shape index (κ2) is 5.08. The zero-order valence-corrected chi connectivity index (χ0v) is 11.1. The molecule has 1 aromatic carbocycles. The molecule has 2 aromatic rings. The first-order valence-electron chi connectivity index (χ1n) is 5.82. The largest absolute Gasteiger partial charge is 0.496 e. The molecule has 0 saturated heterocycles. The number of nitrogens with zero attached hydrogens (tertiary/aromatic N) is 3. The Balaban J connectivity index is 2.60. The van der Waals surface area contributed by atoms with Gasteiger partial charge in [0.25, 0.3) is 0 Å². The molecule has 0 aliphatic heterocycles. The zero-order valence-electron chi connectivity index (χ0n) is 11.1. The number of aryl methyl sites for hydroxylation is 2. The van der Waals surface area contributed by atoms with Gasteiger partial charge in [0.05, 0.1) is 14.2 Å². The number of ether oxygens (including phenoxy) is 2. The van der Waals surface area contributed by atoms with Crippen molar-refractivity contribution in [1.82, 2.24) is 14.8 Å². The lowest BCUT2D eigenvalue weighted by molar-refractivity contribution is 0.397. The molecule has 0 unspecified atom stereocenters. The van der Waals surface area contributed by atoms with Crippen LogP contribution in [0.3, 0.4) is 0 Å². The van der Waals surface area contributed by atoms with Crippen LogP contribution in [0.1, 0.15) is 12.7 Å². The van der Waals surface area contributed by atoms with Gasteiger partial charge in [-0.1, -0.05) is 13.0 Å². The van der Waals surface area contributed by atoms with Crippen LogP contribution in [-0.4, -0.2) is 29.0 Å². The SMILES string of the molecule is CCc1nc(-c2c(OC)cccc2OC)nn1C. The van der Waals surface area contributed by atoms with E-state index in [0.29, 0.717) is 17.3 Å². The Kier molecular flexibility index (Phi) is 3.50. The van der Waals surface area contributed by atoms with Crippen LogP contribution >= 0.6 is 0 Å². The van der Waals surface area contributed by atoms with Crippen molar-refractivity contribution in [1.29, 1.82) is 0 Å². The maximum Gasteiger partial charge on any atom is 0.188 e. The molecule has 0 fully saturated rings. The minimum absolute atomic E-state index is 0.628. The predicted molar refractivity (Wildman–Crippen MR) is 68.9 cm³/mol. The third-order valence-corrected chi connectivity index (χ3v) is 2.82. The summed E-state index contributed by atoms with van der Waals surface area (Å²) in [4.78, 5) is 4.51. The van der Waals surface area contributed by atoms with Gasteiger partial charge in [-0.05, 0) is 12.1 Å². The number of aromatic nitrogens is 3. The van der Waals surface area contributed by atoms with E-state index in [4.69, 9.17) is 9.47 Å². The molecular formula is C13H17N3O2. The Hall–Kier alpha value is -2.04. The minimum atomic E-state index is 0.628. The minimum Gasteiger partial charge on any atom is -0.496 e. The van der Waals surface area contributed by atoms with Crippen molar-refractivity contribution in [2.45, 2.75) is 13.3 Å². The molecular weight excluding hydrogens is 230 g/mol. The van der Waals surface area contributed by atoms with Gasteiger partial charge in [0.2, 0.25) is 0 Å². The fourth-order valence-corrected chi connectivity index (χ4v) is 1.90. The third kappa shape index (κ3) is 2.03. The summed E-state index contributed by atoms with van der Waals surface area (Å²) in [5, 5.41) is 4.41. The predicted octanol–water partition coefficient (Wildman–Crippen LogP) is 2.06. The molecule has 0 atom stereocenters. The summed E-state index contributed by atoms with van der Waals surface area (Å²) in [7, 11) is 5.14. The Morgan fingerprint density at radius 1 is 1.17 bits per heavy atom. The van der Waals surface area contributed by atoms with E-state index in [1.54, 1.807) is 18.9 Å². The Bertz CT molecular complexity index is 527. The lowest BCUT2D eigenvalue weighted by Gasteiger charge is -2.09. The average Bonchev–Trinajstić information content (AvgIpc) is 2.78. The van der Waals surface area contributed by atoms with E-state index in [0.717, 1.165) is 17.8 Å². The topological polar surface area (TPSA) is 49.2 Å². The highest BCUT2D eigenvalue weighted by molar-refractivity contribution is 5.71. The maximum atomic E-state index is 5.36. The third-order valence-electron chi connectivity index (χ3n) is 2.82. The Morgan fingerprint density at radius 2 is 1.78 bits per heavy atom. The number of benzene rings is 1. The molecule has 2 rings (SSSR count). The van der Waals surface area contributed by atoms with Gasteiger partial charge in [-0.3, -0.25) is 4.68 Å². The van der Waals surface area contributed by atoms with Crippen LogP contribution in [0.2, 0.25) is 0 Å². The van der Waals surface area contributed by atoms with E-state index in [2.05, 4.69) is 10.1 Å². The summed E-state index contributed by atoms with van der Waals surface area (Å²) in [6, 6.07) is 5.63. The van der Waals surface area contributed by atoms with Crippen molar-refractivity contribution in [2.75, 3.05) is 14.2 Å². The van der Waals surface area contributed by atoms with Crippen LogP contribution in [0.15, 0.2) is 18.2 Å². The van der Waals surface area contributed by atoms with Gasteiger partial charge >= 0.3 is 0 Å². The monoisotopic (exact) mass is 247 g/mol. The average molecular weight is 247 g/mol. The molecule has 0 aliphatic carbocycles. The number of rotatable bonds is 4. The van der Waals surface area contributed by atoms with Gasteiger partial charge in [-0.2, -0.15) is 5.10 Å². The Labute approximate surface area is 106 Å². The van der Waals surface area contributed by atoms with E-state index < -0.39 is 0 Å². The fourth-order valence-electron chi connectivity index (χ4n) is 1.90. The molecule has 0 spiro atoms. The quantitative estimate of drug-likeness (QED) is 0.829. The lowest BCUT2D eigenvalue weighted by Crippen LogP contribution is -1.97. The van der Waals surface area contributed by atoms with Crippen molar-refractivity contribution in [3.63, 3.8) is 0 Å². The summed E-state index contributed by atoms with van der Waals surface area (Å²) in [5.41, 5.74) is 0.790. The molecule has 0 N–H and O–H groups in total. The van der Waals surface area contributed by atoms with Crippen LogP contribution < -0.4 is 9.47 Å². The van der Waals surface area contributed by atoms with Crippen LogP contribution in [0.25, 0.3) is 11.4 Å².